The van der Waals surface area contributed by atoms with E-state index in [0.29, 0.717) is 11.3 Å². The van der Waals surface area contributed by atoms with Crippen LogP contribution in [0.2, 0.25) is 0 Å². The first kappa shape index (κ1) is 21.3. The number of para-hydroxylation sites is 1. The molecule has 3 rings (SSSR count). The number of alkyl halides is 3. The first-order chi connectivity index (χ1) is 14.1. The highest BCUT2D eigenvalue weighted by Gasteiger charge is 2.38. The number of amides is 3. The SMILES string of the molecule is CC(NC(=O)NC1N=C(c2ccccc2F)c2ccccc2N(C)C1=O)C(F)(F)F. The van der Waals surface area contributed by atoms with E-state index in [2.05, 4.69) is 10.3 Å². The maximum Gasteiger partial charge on any atom is 0.408 e. The fourth-order valence-corrected chi connectivity index (χ4v) is 2.93. The molecular formula is C20H18F4N4O2. The Morgan fingerprint density at radius 1 is 1.10 bits per heavy atom. The second-order valence-electron chi connectivity index (χ2n) is 6.66. The molecule has 0 spiro atoms. The van der Waals surface area contributed by atoms with E-state index >= 15 is 0 Å². The quantitative estimate of drug-likeness (QED) is 0.746. The monoisotopic (exact) mass is 422 g/mol. The lowest BCUT2D eigenvalue weighted by Crippen LogP contribution is -2.53. The number of fused-ring (bicyclic) bond motifs is 1. The van der Waals surface area contributed by atoms with Crippen molar-refractivity contribution in [2.24, 2.45) is 4.99 Å². The van der Waals surface area contributed by atoms with Crippen LogP contribution in [0.4, 0.5) is 28.0 Å². The number of aliphatic imine (C=N–C) groups is 1. The average molecular weight is 422 g/mol. The molecule has 0 bridgehead atoms. The molecule has 2 aromatic rings. The van der Waals surface area contributed by atoms with Gasteiger partial charge >= 0.3 is 12.2 Å². The van der Waals surface area contributed by atoms with Gasteiger partial charge in [-0.05, 0) is 25.1 Å². The Morgan fingerprint density at radius 2 is 1.70 bits per heavy atom. The molecule has 0 saturated carbocycles. The van der Waals surface area contributed by atoms with Gasteiger partial charge in [-0.3, -0.25) is 4.79 Å². The molecule has 3 amide bonds. The van der Waals surface area contributed by atoms with Gasteiger partial charge in [0.25, 0.3) is 5.91 Å². The highest BCUT2D eigenvalue weighted by Crippen LogP contribution is 2.28. The van der Waals surface area contributed by atoms with E-state index in [0.717, 1.165) is 6.92 Å². The average Bonchev–Trinajstić information content (AvgIpc) is 2.79. The number of nitrogens with zero attached hydrogens (tertiary/aromatic N) is 2. The van der Waals surface area contributed by atoms with Crippen LogP contribution >= 0.6 is 0 Å². The highest BCUT2D eigenvalue weighted by molar-refractivity contribution is 6.20. The minimum Gasteiger partial charge on any atom is -0.327 e. The summed E-state index contributed by atoms with van der Waals surface area (Å²) in [7, 11) is 1.44. The summed E-state index contributed by atoms with van der Waals surface area (Å²) in [6.07, 6.45) is -6.21. The number of anilines is 1. The molecule has 0 radical (unpaired) electrons. The summed E-state index contributed by atoms with van der Waals surface area (Å²) in [6.45, 7) is 0.768. The number of carbonyl (C=O) groups is 2. The minimum absolute atomic E-state index is 0.0870. The number of hydrogen-bond donors (Lipinski definition) is 2. The van der Waals surface area contributed by atoms with Gasteiger partial charge in [-0.2, -0.15) is 13.2 Å². The van der Waals surface area contributed by atoms with Crippen LogP contribution in [0.15, 0.2) is 53.5 Å². The Morgan fingerprint density at radius 3 is 2.33 bits per heavy atom. The van der Waals surface area contributed by atoms with Crippen molar-refractivity contribution < 1.29 is 27.2 Å². The van der Waals surface area contributed by atoms with Gasteiger partial charge in [0.2, 0.25) is 6.17 Å². The predicted octanol–water partition coefficient (Wildman–Crippen LogP) is 3.22. The Hall–Kier alpha value is -3.43. The molecule has 0 saturated heterocycles. The molecule has 10 heteroatoms. The molecule has 2 N–H and O–H groups in total. The van der Waals surface area contributed by atoms with E-state index in [9.17, 15) is 27.2 Å². The predicted molar refractivity (Wildman–Crippen MR) is 103 cm³/mol. The van der Waals surface area contributed by atoms with Crippen molar-refractivity contribution in [1.29, 1.82) is 0 Å². The number of carbonyl (C=O) groups excluding carboxylic acids is 2. The molecule has 2 atom stereocenters. The number of hydrogen-bond acceptors (Lipinski definition) is 3. The van der Waals surface area contributed by atoms with Crippen molar-refractivity contribution in [2.75, 3.05) is 11.9 Å². The van der Waals surface area contributed by atoms with Crippen molar-refractivity contribution in [1.82, 2.24) is 10.6 Å². The summed E-state index contributed by atoms with van der Waals surface area (Å²) in [5, 5.41) is 3.87. The van der Waals surface area contributed by atoms with Gasteiger partial charge < -0.3 is 15.5 Å². The Kier molecular flexibility index (Phi) is 5.77. The summed E-state index contributed by atoms with van der Waals surface area (Å²) in [4.78, 5) is 30.4. The number of halogens is 4. The molecule has 0 fully saturated rings. The smallest absolute Gasteiger partial charge is 0.327 e. The molecule has 158 valence electrons. The van der Waals surface area contributed by atoms with Crippen LogP contribution in [-0.4, -0.2) is 43.1 Å². The van der Waals surface area contributed by atoms with Crippen LogP contribution < -0.4 is 15.5 Å². The summed E-state index contributed by atoms with van der Waals surface area (Å²) < 4.78 is 52.6. The van der Waals surface area contributed by atoms with E-state index in [4.69, 9.17) is 0 Å². The van der Waals surface area contributed by atoms with Gasteiger partial charge in [0, 0.05) is 18.2 Å². The third-order valence-corrected chi connectivity index (χ3v) is 4.58. The zero-order valence-corrected chi connectivity index (χ0v) is 16.0. The van der Waals surface area contributed by atoms with Gasteiger partial charge in [-0.25, -0.2) is 14.2 Å². The topological polar surface area (TPSA) is 73.8 Å². The molecule has 1 heterocycles. The Balaban J connectivity index is 2.02. The third kappa shape index (κ3) is 4.27. The fraction of sp³-hybridized carbons (Fsp3) is 0.250. The van der Waals surface area contributed by atoms with Crippen molar-refractivity contribution in [3.05, 3.63) is 65.5 Å². The van der Waals surface area contributed by atoms with Gasteiger partial charge in [-0.1, -0.05) is 30.3 Å². The number of nitrogens with one attached hydrogen (secondary N) is 2. The maximum atomic E-state index is 14.5. The number of likely N-dealkylation sites (N-methyl/N-ethyl adjacent to an activating group) is 1. The largest absolute Gasteiger partial charge is 0.408 e. The van der Waals surface area contributed by atoms with E-state index < -0.39 is 36.1 Å². The second kappa shape index (κ2) is 8.13. The number of benzodiazepines with no additional fused rings is 1. The van der Waals surface area contributed by atoms with Crippen LogP contribution in [0.25, 0.3) is 0 Å². The standard InChI is InChI=1S/C20H18F4N4O2/c1-11(20(22,23)24)25-19(30)27-17-18(29)28(2)15-10-6-4-8-13(15)16(26-17)12-7-3-5-9-14(12)21/h3-11,17H,1-2H3,(H2,25,27,30). The van der Waals surface area contributed by atoms with Crippen LogP contribution in [0.1, 0.15) is 18.1 Å². The molecular weight excluding hydrogens is 404 g/mol. The van der Waals surface area contributed by atoms with Crippen LogP contribution in [0, 0.1) is 5.82 Å². The zero-order valence-electron chi connectivity index (χ0n) is 16.0. The van der Waals surface area contributed by atoms with Gasteiger partial charge in [0.1, 0.15) is 11.9 Å². The normalized spacial score (nSPS) is 17.5. The lowest BCUT2D eigenvalue weighted by molar-refractivity contribution is -0.148. The summed E-state index contributed by atoms with van der Waals surface area (Å²) in [5.41, 5.74) is 1.03. The molecule has 6 nitrogen and oxygen atoms in total. The second-order valence-corrected chi connectivity index (χ2v) is 6.66. The number of rotatable bonds is 3. The molecule has 1 aliphatic heterocycles. The maximum absolute atomic E-state index is 14.5. The summed E-state index contributed by atoms with van der Waals surface area (Å²) in [5.74, 6) is -1.29. The molecule has 0 aromatic heterocycles. The first-order valence-electron chi connectivity index (χ1n) is 8.93. The molecule has 2 unspecified atom stereocenters. The van der Waals surface area contributed by atoms with Crippen LogP contribution in [0.3, 0.4) is 0 Å². The van der Waals surface area contributed by atoms with Crippen LogP contribution in [0.5, 0.6) is 0 Å². The molecule has 2 aromatic carbocycles. The van der Waals surface area contributed by atoms with Gasteiger partial charge in [-0.15, -0.1) is 0 Å². The van der Waals surface area contributed by atoms with Crippen molar-refractivity contribution in [3.8, 4) is 0 Å². The summed E-state index contributed by atoms with van der Waals surface area (Å²) in [6, 6.07) is 9.00. The van der Waals surface area contributed by atoms with Gasteiger partial charge in [0.05, 0.1) is 11.4 Å². The fourth-order valence-electron chi connectivity index (χ4n) is 2.93. The minimum atomic E-state index is -4.65. The Bertz CT molecular complexity index is 1010. The lowest BCUT2D eigenvalue weighted by atomic mass is 10.00. The summed E-state index contributed by atoms with van der Waals surface area (Å²) >= 11 is 0. The van der Waals surface area contributed by atoms with E-state index in [1.807, 2.05) is 0 Å². The first-order valence-corrected chi connectivity index (χ1v) is 8.93. The third-order valence-electron chi connectivity index (χ3n) is 4.58. The highest BCUT2D eigenvalue weighted by atomic mass is 19.4. The molecule has 1 aliphatic rings. The lowest BCUT2D eigenvalue weighted by Gasteiger charge is -2.22. The van der Waals surface area contributed by atoms with Crippen molar-refractivity contribution >= 4 is 23.3 Å². The van der Waals surface area contributed by atoms with E-state index in [1.54, 1.807) is 35.6 Å². The van der Waals surface area contributed by atoms with Crippen molar-refractivity contribution in [2.45, 2.75) is 25.3 Å². The zero-order chi connectivity index (χ0) is 22.1. The molecule has 0 aliphatic carbocycles. The van der Waals surface area contributed by atoms with Crippen LogP contribution in [-0.2, 0) is 4.79 Å². The van der Waals surface area contributed by atoms with E-state index in [1.165, 1.54) is 30.1 Å². The van der Waals surface area contributed by atoms with E-state index in [-0.39, 0.29) is 11.3 Å². The Labute approximate surface area is 169 Å². The van der Waals surface area contributed by atoms with Gasteiger partial charge in [0.15, 0.2) is 0 Å². The number of urea groups is 1. The molecule has 30 heavy (non-hydrogen) atoms. The van der Waals surface area contributed by atoms with Crippen molar-refractivity contribution in [3.63, 3.8) is 0 Å². The number of benzene rings is 2.